The molecule has 40 heavy (non-hydrogen) atoms. The van der Waals surface area contributed by atoms with Crippen molar-refractivity contribution in [3.63, 3.8) is 0 Å². The number of aromatic nitrogens is 3. The predicted octanol–water partition coefficient (Wildman–Crippen LogP) is 4.61. The highest BCUT2D eigenvalue weighted by molar-refractivity contribution is 5.99. The van der Waals surface area contributed by atoms with Gasteiger partial charge in [0.2, 0.25) is 11.9 Å². The molecule has 2 N–H and O–H groups in total. The molecule has 0 aliphatic carbocycles. The van der Waals surface area contributed by atoms with Gasteiger partial charge in [-0.25, -0.2) is 23.7 Å². The van der Waals surface area contributed by atoms with Crippen LogP contribution in [0.5, 0.6) is 0 Å². The highest BCUT2D eigenvalue weighted by Crippen LogP contribution is 2.31. The van der Waals surface area contributed by atoms with Gasteiger partial charge in [-0.05, 0) is 35.9 Å². The van der Waals surface area contributed by atoms with Crippen LogP contribution in [0.15, 0.2) is 67.5 Å². The smallest absolute Gasteiger partial charge is 0.248 e. The van der Waals surface area contributed by atoms with E-state index in [2.05, 4.69) is 37.1 Å². The monoisotopic (exact) mass is 545 g/mol. The highest BCUT2D eigenvalue weighted by atomic mass is 19.2. The Bertz CT molecular complexity index is 1540. The maximum Gasteiger partial charge on any atom is 0.248 e. The summed E-state index contributed by atoms with van der Waals surface area (Å²) >= 11 is 0. The lowest BCUT2D eigenvalue weighted by molar-refractivity contribution is -0.111. The maximum absolute atomic E-state index is 15.2. The van der Waals surface area contributed by atoms with E-state index in [1.807, 2.05) is 23.1 Å². The molecule has 0 unspecified atom stereocenters. The zero-order valence-corrected chi connectivity index (χ0v) is 22.0. The van der Waals surface area contributed by atoms with E-state index in [1.165, 1.54) is 6.07 Å². The van der Waals surface area contributed by atoms with Crippen LogP contribution >= 0.6 is 0 Å². The number of para-hydroxylation sites is 1. The van der Waals surface area contributed by atoms with Gasteiger partial charge in [0.1, 0.15) is 5.82 Å². The number of rotatable bonds is 9. The SMILES string of the molecule is C=CC(=O)Nc1cc(-c2cccc3cnc(Nc4ccc(N5CCN(CCOC)CC5)c(F)c4F)nc23)ccn1. The van der Waals surface area contributed by atoms with Crippen molar-refractivity contribution in [2.24, 2.45) is 0 Å². The number of nitrogens with zero attached hydrogens (tertiary/aromatic N) is 5. The molecular weight excluding hydrogens is 516 g/mol. The molecule has 0 radical (unpaired) electrons. The number of methoxy groups -OCH3 is 1. The minimum Gasteiger partial charge on any atom is -0.383 e. The first-order chi connectivity index (χ1) is 19.5. The van der Waals surface area contributed by atoms with Crippen LogP contribution in [0.2, 0.25) is 0 Å². The van der Waals surface area contributed by atoms with Crippen molar-refractivity contribution in [1.29, 1.82) is 0 Å². The quantitative estimate of drug-likeness (QED) is 0.295. The molecule has 2 aromatic heterocycles. The van der Waals surface area contributed by atoms with Gasteiger partial charge in [-0.3, -0.25) is 9.69 Å². The van der Waals surface area contributed by atoms with Crippen molar-refractivity contribution >= 4 is 40.0 Å². The molecule has 1 aliphatic rings. The first-order valence-electron chi connectivity index (χ1n) is 12.8. The molecule has 1 aliphatic heterocycles. The van der Waals surface area contributed by atoms with E-state index in [0.29, 0.717) is 31.0 Å². The average Bonchev–Trinajstić information content (AvgIpc) is 2.98. The third-order valence-corrected chi connectivity index (χ3v) is 6.75. The Kier molecular flexibility index (Phi) is 8.23. The summed E-state index contributed by atoms with van der Waals surface area (Å²) in [5.41, 5.74) is 2.28. The third kappa shape index (κ3) is 5.90. The number of carbonyl (C=O) groups excluding carboxylic acids is 1. The van der Waals surface area contributed by atoms with E-state index < -0.39 is 11.6 Å². The number of carbonyl (C=O) groups is 1. The largest absolute Gasteiger partial charge is 0.383 e. The van der Waals surface area contributed by atoms with Gasteiger partial charge in [0.25, 0.3) is 0 Å². The molecule has 0 saturated carbocycles. The molecule has 1 saturated heterocycles. The number of anilines is 4. The first-order valence-corrected chi connectivity index (χ1v) is 12.8. The molecule has 0 bridgehead atoms. The second kappa shape index (κ2) is 12.1. The Morgan fingerprint density at radius 3 is 2.70 bits per heavy atom. The summed E-state index contributed by atoms with van der Waals surface area (Å²) in [6.07, 6.45) is 4.35. The van der Waals surface area contributed by atoms with Gasteiger partial charge in [-0.15, -0.1) is 0 Å². The van der Waals surface area contributed by atoms with Crippen molar-refractivity contribution < 1.29 is 18.3 Å². The summed E-state index contributed by atoms with van der Waals surface area (Å²) < 4.78 is 35.5. The summed E-state index contributed by atoms with van der Waals surface area (Å²) in [5.74, 6) is -1.80. The summed E-state index contributed by atoms with van der Waals surface area (Å²) in [6, 6.07) is 12.2. The third-order valence-electron chi connectivity index (χ3n) is 6.75. The molecule has 0 spiro atoms. The van der Waals surface area contributed by atoms with Gasteiger partial charge in [0.15, 0.2) is 11.6 Å². The molecule has 9 nitrogen and oxygen atoms in total. The Balaban J connectivity index is 1.38. The lowest BCUT2D eigenvalue weighted by atomic mass is 10.0. The summed E-state index contributed by atoms with van der Waals surface area (Å²) in [7, 11) is 1.66. The van der Waals surface area contributed by atoms with E-state index >= 15 is 8.78 Å². The zero-order chi connectivity index (χ0) is 28.1. The maximum atomic E-state index is 15.2. The van der Waals surface area contributed by atoms with Gasteiger partial charge in [0.05, 0.1) is 23.5 Å². The van der Waals surface area contributed by atoms with Gasteiger partial charge < -0.3 is 20.3 Å². The van der Waals surface area contributed by atoms with E-state index in [1.54, 1.807) is 37.7 Å². The second-order valence-electron chi connectivity index (χ2n) is 9.27. The van der Waals surface area contributed by atoms with Crippen LogP contribution in [-0.2, 0) is 9.53 Å². The van der Waals surface area contributed by atoms with Gasteiger partial charge >= 0.3 is 0 Å². The molecular formula is C29H29F2N7O2. The van der Waals surface area contributed by atoms with Gasteiger partial charge in [-0.2, -0.15) is 0 Å². The van der Waals surface area contributed by atoms with Crippen molar-refractivity contribution in [2.45, 2.75) is 0 Å². The number of ether oxygens (including phenoxy) is 1. The number of fused-ring (bicyclic) bond motifs is 1. The minimum atomic E-state index is -0.993. The van der Waals surface area contributed by atoms with Crippen molar-refractivity contribution in [2.75, 3.05) is 62.0 Å². The minimum absolute atomic E-state index is 0.0600. The van der Waals surface area contributed by atoms with Crippen molar-refractivity contribution in [1.82, 2.24) is 19.9 Å². The summed E-state index contributed by atoms with van der Waals surface area (Å²) in [6.45, 7) is 7.59. The van der Waals surface area contributed by atoms with E-state index in [0.717, 1.165) is 42.2 Å². The predicted molar refractivity (Wildman–Crippen MR) is 152 cm³/mol. The summed E-state index contributed by atoms with van der Waals surface area (Å²) in [5, 5.41) is 6.23. The van der Waals surface area contributed by atoms with E-state index in [4.69, 9.17) is 4.74 Å². The van der Waals surface area contributed by atoms with Crippen molar-refractivity contribution in [3.05, 3.63) is 79.1 Å². The number of piperazine rings is 1. The number of halogens is 2. The molecule has 0 atom stereocenters. The molecule has 1 amide bonds. The first kappa shape index (κ1) is 27.1. The molecule has 5 rings (SSSR count). The zero-order valence-electron chi connectivity index (χ0n) is 22.0. The fourth-order valence-electron chi connectivity index (χ4n) is 4.63. The van der Waals surface area contributed by atoms with Crippen LogP contribution in [0.1, 0.15) is 0 Å². The molecule has 2 aromatic carbocycles. The number of benzene rings is 2. The average molecular weight is 546 g/mol. The van der Waals surface area contributed by atoms with Crippen LogP contribution in [0, 0.1) is 11.6 Å². The highest BCUT2D eigenvalue weighted by Gasteiger charge is 2.23. The number of nitrogens with one attached hydrogen (secondary N) is 2. The normalized spacial score (nSPS) is 13.8. The fourth-order valence-corrected chi connectivity index (χ4v) is 4.63. The number of hydrogen-bond donors (Lipinski definition) is 2. The Hall–Kier alpha value is -4.48. The van der Waals surface area contributed by atoms with Crippen LogP contribution in [0.3, 0.4) is 0 Å². The topological polar surface area (TPSA) is 95.5 Å². The van der Waals surface area contributed by atoms with Gasteiger partial charge in [0, 0.05) is 63.2 Å². The lowest BCUT2D eigenvalue weighted by Gasteiger charge is -2.36. The fraction of sp³-hybridized carbons (Fsp3) is 0.241. The van der Waals surface area contributed by atoms with E-state index in [9.17, 15) is 4.79 Å². The van der Waals surface area contributed by atoms with Crippen LogP contribution in [-0.4, -0.2) is 72.2 Å². The van der Waals surface area contributed by atoms with Gasteiger partial charge in [-0.1, -0.05) is 24.8 Å². The lowest BCUT2D eigenvalue weighted by Crippen LogP contribution is -2.47. The summed E-state index contributed by atoms with van der Waals surface area (Å²) in [4.78, 5) is 28.9. The standard InChI is InChI=1S/C29H29F2N7O2/c1-3-25(39)35-24-17-19(9-10-32-24)21-6-4-5-20-18-33-29(36-28(20)21)34-22-7-8-23(27(31)26(22)30)38-13-11-37(12-14-38)15-16-40-2/h3-10,17-18H,1,11-16H2,2H3,(H,32,35,39)(H,33,34,36). The second-order valence-corrected chi connectivity index (χ2v) is 9.27. The molecule has 11 heteroatoms. The van der Waals surface area contributed by atoms with Crippen LogP contribution in [0.25, 0.3) is 22.0 Å². The Morgan fingerprint density at radius 1 is 1.10 bits per heavy atom. The van der Waals surface area contributed by atoms with Crippen molar-refractivity contribution in [3.8, 4) is 11.1 Å². The number of pyridine rings is 1. The Labute approximate surface area is 230 Å². The molecule has 1 fully saturated rings. The molecule has 3 heterocycles. The molecule has 206 valence electrons. The van der Waals surface area contributed by atoms with Crippen LogP contribution in [0.4, 0.5) is 31.9 Å². The van der Waals surface area contributed by atoms with Crippen LogP contribution < -0.4 is 15.5 Å². The van der Waals surface area contributed by atoms with E-state index in [-0.39, 0.29) is 23.2 Å². The Morgan fingerprint density at radius 2 is 1.93 bits per heavy atom. The number of amides is 1. The molecule has 4 aromatic rings. The number of hydrogen-bond acceptors (Lipinski definition) is 8.